The predicted octanol–water partition coefficient (Wildman–Crippen LogP) is 2.13. The molecule has 18 heavy (non-hydrogen) atoms. The lowest BCUT2D eigenvalue weighted by Crippen LogP contribution is -2.41. The highest BCUT2D eigenvalue weighted by Crippen LogP contribution is 2.32. The lowest BCUT2D eigenvalue weighted by atomic mass is 9.84. The molecule has 0 radical (unpaired) electrons. The van der Waals surface area contributed by atoms with Crippen molar-refractivity contribution >= 4 is 23.2 Å². The van der Waals surface area contributed by atoms with Crippen LogP contribution in [0.1, 0.15) is 39.4 Å². The molecule has 1 aliphatic carbocycles. The minimum atomic E-state index is -0.869. The fourth-order valence-corrected chi connectivity index (χ4v) is 3.54. The second kappa shape index (κ2) is 4.39. The molecule has 0 aromatic carbocycles. The van der Waals surface area contributed by atoms with Gasteiger partial charge in [-0.2, -0.15) is 0 Å². The summed E-state index contributed by atoms with van der Waals surface area (Å²) in [5.41, 5.74) is 1.02. The summed E-state index contributed by atoms with van der Waals surface area (Å²) in [6.45, 7) is 1.33. The molecule has 1 aromatic rings. The maximum atomic E-state index is 12.1. The van der Waals surface area contributed by atoms with E-state index in [9.17, 15) is 9.59 Å². The molecule has 3 rings (SSSR count). The smallest absolute Gasteiger partial charge is 0.345 e. The van der Waals surface area contributed by atoms with E-state index < -0.39 is 5.97 Å². The second-order valence-electron chi connectivity index (χ2n) is 5.00. The van der Waals surface area contributed by atoms with Gasteiger partial charge in [-0.15, -0.1) is 11.3 Å². The lowest BCUT2D eigenvalue weighted by Gasteiger charge is -2.33. The summed E-state index contributed by atoms with van der Waals surface area (Å²) in [7, 11) is 0. The first kappa shape index (κ1) is 11.7. The van der Waals surface area contributed by atoms with Crippen LogP contribution in [-0.4, -0.2) is 28.4 Å². The fourth-order valence-electron chi connectivity index (χ4n) is 2.54. The zero-order valence-corrected chi connectivity index (χ0v) is 10.8. The summed E-state index contributed by atoms with van der Waals surface area (Å²) in [6.07, 6.45) is 4.00. The Labute approximate surface area is 109 Å². The Kier molecular flexibility index (Phi) is 2.86. The van der Waals surface area contributed by atoms with Crippen molar-refractivity contribution in [3.05, 3.63) is 21.4 Å². The Morgan fingerprint density at radius 1 is 1.39 bits per heavy atom. The van der Waals surface area contributed by atoms with Gasteiger partial charge in [-0.1, -0.05) is 6.42 Å². The summed E-state index contributed by atoms with van der Waals surface area (Å²) in [5, 5.41) is 8.97. The van der Waals surface area contributed by atoms with Gasteiger partial charge in [-0.25, -0.2) is 4.79 Å². The van der Waals surface area contributed by atoms with Crippen LogP contribution in [-0.2, 0) is 17.8 Å². The minimum absolute atomic E-state index is 0.226. The summed E-state index contributed by atoms with van der Waals surface area (Å²) in [4.78, 5) is 26.5. The van der Waals surface area contributed by atoms with Crippen molar-refractivity contribution in [1.29, 1.82) is 0 Å². The molecule has 1 saturated carbocycles. The van der Waals surface area contributed by atoms with Crippen molar-refractivity contribution in [3.63, 3.8) is 0 Å². The third-order valence-electron chi connectivity index (χ3n) is 3.84. The van der Waals surface area contributed by atoms with Crippen LogP contribution >= 0.6 is 11.3 Å². The predicted molar refractivity (Wildman–Crippen MR) is 67.7 cm³/mol. The van der Waals surface area contributed by atoms with Crippen molar-refractivity contribution < 1.29 is 14.7 Å². The van der Waals surface area contributed by atoms with Crippen molar-refractivity contribution in [2.45, 2.75) is 32.2 Å². The Hall–Kier alpha value is -1.36. The van der Waals surface area contributed by atoms with E-state index in [0.29, 0.717) is 11.4 Å². The normalized spacial score (nSPS) is 19.2. The van der Waals surface area contributed by atoms with Gasteiger partial charge in [0.25, 0.3) is 0 Å². The highest BCUT2D eigenvalue weighted by atomic mass is 32.1. The molecule has 0 bridgehead atoms. The van der Waals surface area contributed by atoms with Crippen LogP contribution < -0.4 is 0 Å². The average molecular weight is 265 g/mol. The van der Waals surface area contributed by atoms with Gasteiger partial charge in [0.05, 0.1) is 0 Å². The fraction of sp³-hybridized carbons (Fsp3) is 0.538. The monoisotopic (exact) mass is 265 g/mol. The highest BCUT2D eigenvalue weighted by molar-refractivity contribution is 7.14. The third kappa shape index (κ3) is 1.92. The van der Waals surface area contributed by atoms with Gasteiger partial charge >= 0.3 is 5.97 Å². The SMILES string of the molecule is O=C(O)c1cc2c(s1)CCN(C(=O)C1CCC1)C2. The molecule has 2 aliphatic rings. The van der Waals surface area contributed by atoms with E-state index in [4.69, 9.17) is 5.11 Å². The van der Waals surface area contributed by atoms with Crippen molar-refractivity contribution in [3.8, 4) is 0 Å². The first-order chi connectivity index (χ1) is 8.65. The standard InChI is InChI=1S/C13H15NO3S/c15-12(8-2-1-3-8)14-5-4-10-9(7-14)6-11(18-10)13(16)17/h6,8H,1-5,7H2,(H,16,17). The molecule has 96 valence electrons. The van der Waals surface area contributed by atoms with Gasteiger partial charge in [0.2, 0.25) is 5.91 Å². The number of carbonyl (C=O) groups is 2. The minimum Gasteiger partial charge on any atom is -0.477 e. The zero-order valence-electron chi connectivity index (χ0n) is 10.0. The molecule has 1 N–H and O–H groups in total. The first-order valence-electron chi connectivity index (χ1n) is 6.29. The highest BCUT2D eigenvalue weighted by Gasteiger charge is 2.31. The summed E-state index contributed by atoms with van der Waals surface area (Å²) in [5.74, 6) is -0.384. The number of aromatic carboxylic acids is 1. The number of fused-ring (bicyclic) bond motifs is 1. The Morgan fingerprint density at radius 3 is 2.78 bits per heavy atom. The van der Waals surface area contributed by atoms with Gasteiger partial charge in [0, 0.05) is 23.9 Å². The van der Waals surface area contributed by atoms with Crippen LogP contribution in [0.4, 0.5) is 0 Å². The van der Waals surface area contributed by atoms with E-state index in [1.165, 1.54) is 11.3 Å². The topological polar surface area (TPSA) is 57.6 Å². The maximum Gasteiger partial charge on any atom is 0.345 e. The summed E-state index contributed by atoms with van der Waals surface area (Å²) in [6, 6.07) is 1.72. The molecular weight excluding hydrogens is 250 g/mol. The Bertz CT molecular complexity index is 504. The van der Waals surface area contributed by atoms with Crippen LogP contribution in [0.5, 0.6) is 0 Å². The van der Waals surface area contributed by atoms with E-state index in [-0.39, 0.29) is 11.8 Å². The number of amides is 1. The quantitative estimate of drug-likeness (QED) is 0.891. The number of rotatable bonds is 2. The van der Waals surface area contributed by atoms with E-state index in [2.05, 4.69) is 0 Å². The molecule has 0 atom stereocenters. The number of nitrogens with zero attached hydrogens (tertiary/aromatic N) is 1. The van der Waals surface area contributed by atoms with Gasteiger partial charge < -0.3 is 10.0 Å². The maximum absolute atomic E-state index is 12.1. The lowest BCUT2D eigenvalue weighted by molar-refractivity contribution is -0.139. The number of carboxylic acids is 1. The molecule has 4 nitrogen and oxygen atoms in total. The molecule has 0 spiro atoms. The van der Waals surface area contributed by atoms with Crippen molar-refractivity contribution in [2.24, 2.45) is 5.92 Å². The number of carbonyl (C=O) groups excluding carboxylic acids is 1. The zero-order chi connectivity index (χ0) is 12.7. The molecule has 1 amide bonds. The molecule has 1 fully saturated rings. The number of hydrogen-bond donors (Lipinski definition) is 1. The Balaban J connectivity index is 1.75. The van der Waals surface area contributed by atoms with Crippen LogP contribution in [0.2, 0.25) is 0 Å². The van der Waals surface area contributed by atoms with Crippen molar-refractivity contribution in [1.82, 2.24) is 4.90 Å². The third-order valence-corrected chi connectivity index (χ3v) is 5.07. The molecule has 0 saturated heterocycles. The van der Waals surface area contributed by atoms with E-state index in [1.807, 2.05) is 4.90 Å². The second-order valence-corrected chi connectivity index (χ2v) is 6.14. The Morgan fingerprint density at radius 2 is 2.17 bits per heavy atom. The van der Waals surface area contributed by atoms with Crippen LogP contribution in [0.15, 0.2) is 6.07 Å². The average Bonchev–Trinajstić information content (AvgIpc) is 2.69. The van der Waals surface area contributed by atoms with Crippen molar-refractivity contribution in [2.75, 3.05) is 6.54 Å². The van der Waals surface area contributed by atoms with E-state index >= 15 is 0 Å². The van der Waals surface area contributed by atoms with Crippen LogP contribution in [0.3, 0.4) is 0 Å². The summed E-state index contributed by atoms with van der Waals surface area (Å²) < 4.78 is 0. The number of carboxylic acid groups (broad SMARTS) is 1. The van der Waals surface area contributed by atoms with Crippen LogP contribution in [0.25, 0.3) is 0 Å². The molecule has 2 heterocycles. The molecule has 5 heteroatoms. The molecule has 1 aromatic heterocycles. The number of hydrogen-bond acceptors (Lipinski definition) is 3. The molecule has 0 unspecified atom stereocenters. The van der Waals surface area contributed by atoms with E-state index in [0.717, 1.165) is 42.7 Å². The van der Waals surface area contributed by atoms with Crippen LogP contribution in [0, 0.1) is 5.92 Å². The molecular formula is C13H15NO3S. The molecule has 1 aliphatic heterocycles. The van der Waals surface area contributed by atoms with Gasteiger partial charge in [-0.05, 0) is 30.9 Å². The summed E-state index contributed by atoms with van der Waals surface area (Å²) >= 11 is 1.35. The largest absolute Gasteiger partial charge is 0.477 e. The number of thiophene rings is 1. The first-order valence-corrected chi connectivity index (χ1v) is 7.10. The van der Waals surface area contributed by atoms with E-state index in [1.54, 1.807) is 6.07 Å². The van der Waals surface area contributed by atoms with Gasteiger partial charge in [0.1, 0.15) is 4.88 Å². The van der Waals surface area contributed by atoms with Gasteiger partial charge in [-0.3, -0.25) is 4.79 Å². The van der Waals surface area contributed by atoms with Gasteiger partial charge in [0.15, 0.2) is 0 Å².